The lowest BCUT2D eigenvalue weighted by molar-refractivity contribution is -0.137. The summed E-state index contributed by atoms with van der Waals surface area (Å²) >= 11 is 0. The number of carbonyl (C=O) groups is 2. The smallest absolute Gasteiger partial charge is 0.379 e. The van der Waals surface area contributed by atoms with E-state index in [2.05, 4.69) is 20.3 Å². The lowest BCUT2D eigenvalue weighted by Crippen LogP contribution is -2.18. The number of hydrogen-bond acceptors (Lipinski definition) is 6. The molecule has 2 aromatic rings. The number of hydrogen-bond donors (Lipinski definition) is 0. The highest BCUT2D eigenvalue weighted by atomic mass is 19.1. The molecule has 0 saturated carbocycles. The van der Waals surface area contributed by atoms with Gasteiger partial charge in [0.2, 0.25) is 0 Å². The van der Waals surface area contributed by atoms with E-state index in [9.17, 15) is 14.0 Å². The van der Waals surface area contributed by atoms with Crippen LogP contribution in [0.15, 0.2) is 18.2 Å². The quantitative estimate of drug-likeness (QED) is 0.468. The van der Waals surface area contributed by atoms with Crippen LogP contribution >= 0.6 is 0 Å². The zero-order valence-electron chi connectivity index (χ0n) is 10.8. The van der Waals surface area contributed by atoms with Crippen LogP contribution in [0, 0.1) is 12.7 Å². The number of carbonyl (C=O) groups excluding carboxylic acids is 2. The maximum Gasteiger partial charge on any atom is 0.379 e. The maximum atomic E-state index is 14.0. The average Bonchev–Trinajstić information content (AvgIpc) is 2.84. The fourth-order valence-corrected chi connectivity index (χ4v) is 1.59. The van der Waals surface area contributed by atoms with E-state index in [-0.39, 0.29) is 17.9 Å². The van der Waals surface area contributed by atoms with Gasteiger partial charge in [0.15, 0.2) is 5.82 Å². The lowest BCUT2D eigenvalue weighted by Gasteiger charge is -2.05. The summed E-state index contributed by atoms with van der Waals surface area (Å²) in [6.45, 7) is 3.27. The SMILES string of the molecule is CCOC(=O)C(=O)c1ccc(-n2nnnc2C)c(F)c1. The normalized spacial score (nSPS) is 10.3. The number of benzene rings is 1. The molecule has 7 nitrogen and oxygen atoms in total. The van der Waals surface area contributed by atoms with E-state index in [1.165, 1.54) is 16.8 Å². The van der Waals surface area contributed by atoms with E-state index in [1.54, 1.807) is 13.8 Å². The highest BCUT2D eigenvalue weighted by molar-refractivity contribution is 6.40. The van der Waals surface area contributed by atoms with Crippen molar-refractivity contribution in [2.24, 2.45) is 0 Å². The van der Waals surface area contributed by atoms with Crippen LogP contribution in [0.4, 0.5) is 4.39 Å². The number of rotatable bonds is 4. The van der Waals surface area contributed by atoms with E-state index in [4.69, 9.17) is 0 Å². The van der Waals surface area contributed by atoms with Gasteiger partial charge in [-0.2, -0.15) is 4.68 Å². The summed E-state index contributed by atoms with van der Waals surface area (Å²) in [7, 11) is 0. The number of Topliss-reactive ketones (excluding diaryl/α,β-unsaturated/α-hetero) is 1. The molecule has 1 heterocycles. The first-order valence-electron chi connectivity index (χ1n) is 5.81. The molecule has 0 aliphatic heterocycles. The van der Waals surface area contributed by atoms with Gasteiger partial charge in [0.05, 0.1) is 6.61 Å². The molecule has 8 heteroatoms. The van der Waals surface area contributed by atoms with Crippen LogP contribution < -0.4 is 0 Å². The summed E-state index contributed by atoms with van der Waals surface area (Å²) in [5, 5.41) is 10.7. The third kappa shape index (κ3) is 2.53. The van der Waals surface area contributed by atoms with Crippen LogP contribution in [-0.4, -0.2) is 38.6 Å². The van der Waals surface area contributed by atoms with E-state index < -0.39 is 17.6 Å². The van der Waals surface area contributed by atoms with Gasteiger partial charge in [-0.3, -0.25) is 4.79 Å². The topological polar surface area (TPSA) is 87.0 Å². The number of ketones is 1. The summed E-state index contributed by atoms with van der Waals surface area (Å²) in [4.78, 5) is 23.0. The van der Waals surface area contributed by atoms with Gasteiger partial charge in [-0.05, 0) is 42.5 Å². The highest BCUT2D eigenvalue weighted by Gasteiger charge is 2.19. The van der Waals surface area contributed by atoms with Crippen molar-refractivity contribution in [1.82, 2.24) is 20.2 Å². The molecular weight excluding hydrogens is 267 g/mol. The summed E-state index contributed by atoms with van der Waals surface area (Å²) in [5.41, 5.74) is 0.00309. The van der Waals surface area contributed by atoms with Crippen molar-refractivity contribution in [2.45, 2.75) is 13.8 Å². The van der Waals surface area contributed by atoms with Crippen LogP contribution in [0.1, 0.15) is 23.1 Å². The Balaban J connectivity index is 2.33. The summed E-state index contributed by atoms with van der Waals surface area (Å²) in [5.74, 6) is -2.23. The molecule has 104 valence electrons. The minimum atomic E-state index is -1.02. The minimum absolute atomic E-state index is 0.0783. The maximum absolute atomic E-state index is 14.0. The Bertz CT molecular complexity index is 668. The van der Waals surface area contributed by atoms with E-state index in [0.717, 1.165) is 6.07 Å². The van der Waals surface area contributed by atoms with Crippen LogP contribution in [0.2, 0.25) is 0 Å². The molecule has 0 saturated heterocycles. The molecule has 0 atom stereocenters. The molecule has 0 fully saturated rings. The van der Waals surface area contributed by atoms with E-state index >= 15 is 0 Å². The van der Waals surface area contributed by atoms with E-state index in [1.807, 2.05) is 0 Å². The number of nitrogens with zero attached hydrogens (tertiary/aromatic N) is 4. The zero-order valence-corrected chi connectivity index (χ0v) is 10.8. The largest absolute Gasteiger partial charge is 0.460 e. The number of esters is 1. The van der Waals surface area contributed by atoms with Crippen LogP contribution in [0.5, 0.6) is 0 Å². The van der Waals surface area contributed by atoms with Gasteiger partial charge in [-0.15, -0.1) is 5.10 Å². The van der Waals surface area contributed by atoms with Gasteiger partial charge in [0.25, 0.3) is 5.78 Å². The Morgan fingerprint density at radius 1 is 1.40 bits per heavy atom. The molecule has 1 aromatic carbocycles. The van der Waals surface area contributed by atoms with Gasteiger partial charge in [0.1, 0.15) is 11.5 Å². The van der Waals surface area contributed by atoms with Crippen LogP contribution in [0.3, 0.4) is 0 Å². The second kappa shape index (κ2) is 5.55. The summed E-state index contributed by atoms with van der Waals surface area (Å²) in [6.07, 6.45) is 0. The van der Waals surface area contributed by atoms with Gasteiger partial charge < -0.3 is 4.74 Å². The second-order valence-electron chi connectivity index (χ2n) is 3.85. The van der Waals surface area contributed by atoms with E-state index in [0.29, 0.717) is 5.82 Å². The Kier molecular flexibility index (Phi) is 3.83. The molecule has 0 aliphatic carbocycles. The van der Waals surface area contributed by atoms with Crippen LogP contribution in [-0.2, 0) is 9.53 Å². The second-order valence-corrected chi connectivity index (χ2v) is 3.85. The molecule has 0 bridgehead atoms. The number of ether oxygens (including phenoxy) is 1. The number of halogens is 1. The zero-order chi connectivity index (χ0) is 14.7. The molecule has 0 amide bonds. The third-order valence-corrected chi connectivity index (χ3v) is 2.52. The number of tetrazole rings is 1. The predicted molar refractivity (Wildman–Crippen MR) is 64.8 cm³/mol. The summed E-state index contributed by atoms with van der Waals surface area (Å²) in [6, 6.07) is 3.60. The van der Waals surface area contributed by atoms with Gasteiger partial charge in [-0.1, -0.05) is 0 Å². The van der Waals surface area contributed by atoms with Gasteiger partial charge in [-0.25, -0.2) is 9.18 Å². The number of aryl methyl sites for hydroxylation is 1. The number of aromatic nitrogens is 4. The summed E-state index contributed by atoms with van der Waals surface area (Å²) < 4.78 is 19.7. The Labute approximate surface area is 113 Å². The average molecular weight is 278 g/mol. The third-order valence-electron chi connectivity index (χ3n) is 2.52. The molecule has 0 radical (unpaired) electrons. The predicted octanol–water partition coefficient (Wildman–Crippen LogP) is 0.856. The highest BCUT2D eigenvalue weighted by Crippen LogP contribution is 2.15. The van der Waals surface area contributed by atoms with Gasteiger partial charge in [0, 0.05) is 5.56 Å². The van der Waals surface area contributed by atoms with Crippen molar-refractivity contribution < 1.29 is 18.7 Å². The molecule has 0 unspecified atom stereocenters. The first-order valence-corrected chi connectivity index (χ1v) is 5.81. The molecule has 1 aromatic heterocycles. The molecule has 0 spiro atoms. The molecule has 2 rings (SSSR count). The van der Waals surface area contributed by atoms with Crippen molar-refractivity contribution >= 4 is 11.8 Å². The van der Waals surface area contributed by atoms with Crippen molar-refractivity contribution in [1.29, 1.82) is 0 Å². The van der Waals surface area contributed by atoms with Gasteiger partial charge >= 0.3 is 5.97 Å². The molecule has 0 N–H and O–H groups in total. The fraction of sp³-hybridized carbons (Fsp3) is 0.250. The Morgan fingerprint density at radius 3 is 2.70 bits per heavy atom. The first-order chi connectivity index (χ1) is 9.54. The minimum Gasteiger partial charge on any atom is -0.460 e. The molecular formula is C12H11FN4O3. The first kappa shape index (κ1) is 13.8. The van der Waals surface area contributed by atoms with Crippen LogP contribution in [0.25, 0.3) is 5.69 Å². The van der Waals surface area contributed by atoms with Crippen molar-refractivity contribution in [3.05, 3.63) is 35.4 Å². The Hall–Kier alpha value is -2.64. The molecule has 20 heavy (non-hydrogen) atoms. The van der Waals surface area contributed by atoms with Crippen molar-refractivity contribution in [2.75, 3.05) is 6.61 Å². The molecule has 0 aliphatic rings. The van der Waals surface area contributed by atoms with Crippen molar-refractivity contribution in [3.63, 3.8) is 0 Å². The lowest BCUT2D eigenvalue weighted by atomic mass is 10.1. The Morgan fingerprint density at radius 2 is 2.15 bits per heavy atom. The fourth-order valence-electron chi connectivity index (χ4n) is 1.59. The monoisotopic (exact) mass is 278 g/mol. The van der Waals surface area contributed by atoms with Crippen molar-refractivity contribution in [3.8, 4) is 5.69 Å². The standard InChI is InChI=1S/C12H11FN4O3/c1-3-20-12(19)11(18)8-4-5-10(9(13)6-8)17-7(2)14-15-16-17/h4-6H,3H2,1-2H3.